The van der Waals surface area contributed by atoms with Crippen LogP contribution in [0.15, 0.2) is 41.3 Å². The average Bonchev–Trinajstić information content (AvgIpc) is 2.69. The van der Waals surface area contributed by atoms with E-state index in [2.05, 4.69) is 4.72 Å². The van der Waals surface area contributed by atoms with Crippen molar-refractivity contribution in [3.05, 3.63) is 42.2 Å². The zero-order chi connectivity index (χ0) is 20.1. The number of aliphatic hydroxyl groups is 1. The molecule has 2 aliphatic rings. The standard InChI is InChI=1S/C19H25FN2O5S/c20-14-5-4-6-16(11-14)28(25,26)21-17-8-7-15(27-18(17)13-23)12-19(24)22-9-2-1-3-10-22/h4-8,11,15,17-18,21,23H,1-3,9-10,12-13H2/t15-,17+,18+/m0/s1. The molecule has 1 amide bonds. The number of hydrogen-bond acceptors (Lipinski definition) is 5. The van der Waals surface area contributed by atoms with Crippen LogP contribution in [0.4, 0.5) is 4.39 Å². The highest BCUT2D eigenvalue weighted by Crippen LogP contribution is 2.20. The lowest BCUT2D eigenvalue weighted by atomic mass is 10.0. The predicted molar refractivity (Wildman–Crippen MR) is 100 cm³/mol. The highest BCUT2D eigenvalue weighted by molar-refractivity contribution is 7.89. The van der Waals surface area contributed by atoms with Gasteiger partial charge in [0.25, 0.3) is 0 Å². The highest BCUT2D eigenvalue weighted by Gasteiger charge is 2.32. The second-order valence-electron chi connectivity index (χ2n) is 7.03. The van der Waals surface area contributed by atoms with Gasteiger partial charge in [0.2, 0.25) is 15.9 Å². The van der Waals surface area contributed by atoms with Crippen molar-refractivity contribution in [2.75, 3.05) is 19.7 Å². The van der Waals surface area contributed by atoms with E-state index in [0.717, 1.165) is 44.5 Å². The van der Waals surface area contributed by atoms with Gasteiger partial charge in [-0.3, -0.25) is 4.79 Å². The van der Waals surface area contributed by atoms with E-state index < -0.39 is 40.7 Å². The minimum absolute atomic E-state index is 0.00942. The van der Waals surface area contributed by atoms with Crippen LogP contribution in [-0.4, -0.2) is 62.3 Å². The molecule has 0 radical (unpaired) electrons. The van der Waals surface area contributed by atoms with Gasteiger partial charge in [0, 0.05) is 13.1 Å². The first kappa shape index (κ1) is 20.9. The monoisotopic (exact) mass is 412 g/mol. The van der Waals surface area contributed by atoms with Crippen molar-refractivity contribution in [2.24, 2.45) is 0 Å². The third-order valence-electron chi connectivity index (χ3n) is 4.95. The molecule has 1 aromatic rings. The number of halogens is 1. The number of carbonyl (C=O) groups excluding carboxylic acids is 1. The van der Waals surface area contributed by atoms with E-state index in [1.165, 1.54) is 12.1 Å². The summed E-state index contributed by atoms with van der Waals surface area (Å²) >= 11 is 0. The van der Waals surface area contributed by atoms with Gasteiger partial charge in [-0.15, -0.1) is 0 Å². The maximum atomic E-state index is 13.3. The smallest absolute Gasteiger partial charge is 0.241 e. The zero-order valence-corrected chi connectivity index (χ0v) is 16.3. The van der Waals surface area contributed by atoms with E-state index in [1.807, 2.05) is 4.90 Å². The molecule has 0 saturated carbocycles. The number of carbonyl (C=O) groups is 1. The van der Waals surface area contributed by atoms with Crippen LogP contribution < -0.4 is 4.72 Å². The molecule has 1 aromatic carbocycles. The summed E-state index contributed by atoms with van der Waals surface area (Å²) in [5.41, 5.74) is 0. The van der Waals surface area contributed by atoms with E-state index >= 15 is 0 Å². The topological polar surface area (TPSA) is 95.9 Å². The summed E-state index contributed by atoms with van der Waals surface area (Å²) in [5, 5.41) is 9.62. The largest absolute Gasteiger partial charge is 0.394 e. The fourth-order valence-electron chi connectivity index (χ4n) is 3.44. The van der Waals surface area contributed by atoms with Gasteiger partial charge in [-0.05, 0) is 37.5 Å². The van der Waals surface area contributed by atoms with Crippen LogP contribution in [0.1, 0.15) is 25.7 Å². The molecule has 0 aliphatic carbocycles. The van der Waals surface area contributed by atoms with Gasteiger partial charge in [0.15, 0.2) is 0 Å². The number of benzene rings is 1. The van der Waals surface area contributed by atoms with Crippen LogP contribution in [-0.2, 0) is 19.6 Å². The Hall–Kier alpha value is -1.81. The Balaban J connectivity index is 1.65. The molecule has 1 saturated heterocycles. The molecule has 0 bridgehead atoms. The van der Waals surface area contributed by atoms with Crippen molar-refractivity contribution in [3.63, 3.8) is 0 Å². The summed E-state index contributed by atoms with van der Waals surface area (Å²) in [6.07, 6.45) is 5.11. The van der Waals surface area contributed by atoms with E-state index in [4.69, 9.17) is 4.74 Å². The van der Waals surface area contributed by atoms with Crippen molar-refractivity contribution in [1.82, 2.24) is 9.62 Å². The lowest BCUT2D eigenvalue weighted by molar-refractivity contribution is -0.136. The van der Waals surface area contributed by atoms with E-state index in [0.29, 0.717) is 0 Å². The number of rotatable bonds is 6. The molecule has 3 rings (SSSR count). The van der Waals surface area contributed by atoms with E-state index in [1.54, 1.807) is 12.2 Å². The van der Waals surface area contributed by atoms with Crippen molar-refractivity contribution in [3.8, 4) is 0 Å². The lowest BCUT2D eigenvalue weighted by Gasteiger charge is -2.33. The Morgan fingerprint density at radius 3 is 2.68 bits per heavy atom. The summed E-state index contributed by atoms with van der Waals surface area (Å²) in [5.74, 6) is -0.668. The molecule has 9 heteroatoms. The van der Waals surface area contributed by atoms with Gasteiger partial charge < -0.3 is 14.7 Å². The number of amides is 1. The Labute approximate surface area is 164 Å². The number of ether oxygens (including phenoxy) is 1. The summed E-state index contributed by atoms with van der Waals surface area (Å²) in [4.78, 5) is 14.0. The minimum Gasteiger partial charge on any atom is -0.394 e. The SMILES string of the molecule is O=C(C[C@@H]1C=C[C@@H](NS(=O)(=O)c2cccc(F)c2)[C@@H](CO)O1)N1CCCCC1. The number of hydrogen-bond donors (Lipinski definition) is 2. The Morgan fingerprint density at radius 2 is 2.00 bits per heavy atom. The molecular weight excluding hydrogens is 387 g/mol. The number of likely N-dealkylation sites (tertiary alicyclic amines) is 1. The molecular formula is C19H25FN2O5S. The van der Waals surface area contributed by atoms with Crippen LogP contribution in [0.5, 0.6) is 0 Å². The number of aliphatic hydroxyl groups excluding tert-OH is 1. The first-order valence-electron chi connectivity index (χ1n) is 9.39. The molecule has 28 heavy (non-hydrogen) atoms. The second kappa shape index (κ2) is 9.13. The molecule has 0 aromatic heterocycles. The number of sulfonamides is 1. The number of piperidine rings is 1. The maximum Gasteiger partial charge on any atom is 0.241 e. The average molecular weight is 412 g/mol. The van der Waals surface area contributed by atoms with Crippen LogP contribution >= 0.6 is 0 Å². The summed E-state index contributed by atoms with van der Waals surface area (Å²) < 4.78 is 46.4. The highest BCUT2D eigenvalue weighted by atomic mass is 32.2. The second-order valence-corrected chi connectivity index (χ2v) is 8.74. The Morgan fingerprint density at radius 1 is 1.25 bits per heavy atom. The predicted octanol–water partition coefficient (Wildman–Crippen LogP) is 1.19. The van der Waals surface area contributed by atoms with E-state index in [-0.39, 0.29) is 17.2 Å². The molecule has 2 aliphatic heterocycles. The maximum absolute atomic E-state index is 13.3. The summed E-state index contributed by atoms with van der Waals surface area (Å²) in [6.45, 7) is 1.07. The Kier molecular flexibility index (Phi) is 6.82. The van der Waals surface area contributed by atoms with Gasteiger partial charge in [-0.25, -0.2) is 17.5 Å². The fourth-order valence-corrected chi connectivity index (χ4v) is 4.69. The van der Waals surface area contributed by atoms with Crippen LogP contribution in [0, 0.1) is 5.82 Å². The third kappa shape index (κ3) is 5.16. The molecule has 7 nitrogen and oxygen atoms in total. The van der Waals surface area contributed by atoms with Gasteiger partial charge >= 0.3 is 0 Å². The van der Waals surface area contributed by atoms with Gasteiger partial charge in [0.05, 0.1) is 30.1 Å². The first-order valence-corrected chi connectivity index (χ1v) is 10.9. The molecule has 1 fully saturated rings. The Bertz CT molecular complexity index is 823. The van der Waals surface area contributed by atoms with Crippen LogP contribution in [0.25, 0.3) is 0 Å². The van der Waals surface area contributed by atoms with Gasteiger partial charge in [0.1, 0.15) is 11.9 Å². The van der Waals surface area contributed by atoms with Crippen LogP contribution in [0.3, 0.4) is 0 Å². The number of nitrogens with one attached hydrogen (secondary N) is 1. The lowest BCUT2D eigenvalue weighted by Crippen LogP contribution is -2.49. The molecule has 0 unspecified atom stereocenters. The zero-order valence-electron chi connectivity index (χ0n) is 15.5. The summed E-state index contributed by atoms with van der Waals surface area (Å²) in [6, 6.07) is 3.85. The van der Waals surface area contributed by atoms with Crippen LogP contribution in [0.2, 0.25) is 0 Å². The molecule has 2 heterocycles. The normalized spacial score (nSPS) is 25.6. The fraction of sp³-hybridized carbons (Fsp3) is 0.526. The molecule has 2 N–H and O–H groups in total. The quantitative estimate of drug-likeness (QED) is 0.685. The van der Waals surface area contributed by atoms with Crippen molar-refractivity contribution < 1.29 is 27.4 Å². The molecule has 154 valence electrons. The van der Waals surface area contributed by atoms with Crippen molar-refractivity contribution in [1.29, 1.82) is 0 Å². The first-order chi connectivity index (χ1) is 13.4. The summed E-state index contributed by atoms with van der Waals surface area (Å²) in [7, 11) is -3.99. The van der Waals surface area contributed by atoms with Crippen molar-refractivity contribution in [2.45, 2.75) is 48.8 Å². The molecule has 0 spiro atoms. The van der Waals surface area contributed by atoms with Crippen molar-refractivity contribution >= 4 is 15.9 Å². The van der Waals surface area contributed by atoms with Gasteiger partial charge in [-0.1, -0.05) is 18.2 Å². The van der Waals surface area contributed by atoms with E-state index in [9.17, 15) is 22.7 Å². The van der Waals surface area contributed by atoms with Gasteiger partial charge in [-0.2, -0.15) is 0 Å². The molecule has 3 atom stereocenters. The third-order valence-corrected chi connectivity index (χ3v) is 6.40. The minimum atomic E-state index is -3.99. The number of nitrogens with zero attached hydrogens (tertiary/aromatic N) is 1.